The number of carbonyl (C=O) groups excluding carboxylic acids is 1. The average Bonchev–Trinajstić information content (AvgIpc) is 2.40. The van der Waals surface area contributed by atoms with Gasteiger partial charge < -0.3 is 15.8 Å². The van der Waals surface area contributed by atoms with Crippen LogP contribution in [0.2, 0.25) is 0 Å². The lowest BCUT2D eigenvalue weighted by molar-refractivity contribution is -0.121. The van der Waals surface area contributed by atoms with E-state index >= 15 is 0 Å². The van der Waals surface area contributed by atoms with Gasteiger partial charge in [0.15, 0.2) is 0 Å². The van der Waals surface area contributed by atoms with Gasteiger partial charge in [0.05, 0.1) is 12.8 Å². The Kier molecular flexibility index (Phi) is 6.59. The molecule has 0 radical (unpaired) electrons. The number of aromatic nitrogens is 2. The minimum Gasteiger partial charge on any atom is -0.492 e. The van der Waals surface area contributed by atoms with Crippen molar-refractivity contribution in [1.82, 2.24) is 15.1 Å². The van der Waals surface area contributed by atoms with Crippen molar-refractivity contribution in [2.45, 2.75) is 26.3 Å². The van der Waals surface area contributed by atoms with Crippen molar-refractivity contribution >= 4 is 5.91 Å². The Morgan fingerprint density at radius 1 is 1.58 bits per heavy atom. The topological polar surface area (TPSA) is 99.2 Å². The maximum absolute atomic E-state index is 11.7. The fraction of sp³-hybridized carbons (Fsp3) is 0.583. The van der Waals surface area contributed by atoms with Gasteiger partial charge in [-0.05, 0) is 19.4 Å². The number of ether oxygens (including phenoxy) is 1. The summed E-state index contributed by atoms with van der Waals surface area (Å²) in [5, 5.41) is 6.57. The molecule has 0 unspecified atom stereocenters. The zero-order chi connectivity index (χ0) is 14.1. The first-order valence-electron chi connectivity index (χ1n) is 6.34. The van der Waals surface area contributed by atoms with Crippen molar-refractivity contribution in [2.24, 2.45) is 5.73 Å². The molecule has 0 aliphatic heterocycles. The quantitative estimate of drug-likeness (QED) is 0.619. The molecule has 3 N–H and O–H groups in total. The lowest BCUT2D eigenvalue weighted by atomic mass is 10.4. The van der Waals surface area contributed by atoms with Gasteiger partial charge in [-0.15, -0.1) is 0 Å². The second-order valence-corrected chi connectivity index (χ2v) is 4.03. The molecular formula is C12H20N4O3. The molecule has 1 aromatic heterocycles. The fourth-order valence-electron chi connectivity index (χ4n) is 1.34. The van der Waals surface area contributed by atoms with Crippen molar-refractivity contribution in [3.63, 3.8) is 0 Å². The molecule has 7 heteroatoms. The molecule has 0 aromatic carbocycles. The minimum atomic E-state index is -0.364. The molecular weight excluding hydrogens is 248 g/mol. The molecule has 0 spiro atoms. The molecule has 0 saturated carbocycles. The van der Waals surface area contributed by atoms with Crippen LogP contribution in [0, 0.1) is 0 Å². The van der Waals surface area contributed by atoms with E-state index in [1.165, 1.54) is 12.3 Å². The summed E-state index contributed by atoms with van der Waals surface area (Å²) < 4.78 is 6.39. The van der Waals surface area contributed by atoms with Crippen LogP contribution in [-0.4, -0.2) is 35.4 Å². The monoisotopic (exact) mass is 268 g/mol. The van der Waals surface area contributed by atoms with Crippen LogP contribution < -0.4 is 21.3 Å². The highest BCUT2D eigenvalue weighted by Crippen LogP contribution is 2.03. The molecule has 1 amide bonds. The van der Waals surface area contributed by atoms with Crippen molar-refractivity contribution < 1.29 is 9.53 Å². The van der Waals surface area contributed by atoms with Gasteiger partial charge in [0.2, 0.25) is 5.91 Å². The van der Waals surface area contributed by atoms with Gasteiger partial charge in [-0.1, -0.05) is 6.92 Å². The van der Waals surface area contributed by atoms with E-state index in [0.29, 0.717) is 31.9 Å². The Balaban J connectivity index is 2.57. The van der Waals surface area contributed by atoms with E-state index in [2.05, 4.69) is 10.4 Å². The second kappa shape index (κ2) is 8.25. The van der Waals surface area contributed by atoms with Crippen LogP contribution >= 0.6 is 0 Å². The van der Waals surface area contributed by atoms with Crippen LogP contribution in [0.25, 0.3) is 0 Å². The summed E-state index contributed by atoms with van der Waals surface area (Å²) in [6.45, 7) is 3.44. The maximum atomic E-state index is 11.7. The Hall–Kier alpha value is -1.89. The Morgan fingerprint density at radius 2 is 2.37 bits per heavy atom. The van der Waals surface area contributed by atoms with E-state index in [1.807, 2.05) is 6.92 Å². The summed E-state index contributed by atoms with van der Waals surface area (Å²) in [4.78, 5) is 23.2. The first-order chi connectivity index (χ1) is 9.17. The predicted octanol–water partition coefficient (Wildman–Crippen LogP) is -0.503. The Labute approximate surface area is 111 Å². The highest BCUT2D eigenvalue weighted by atomic mass is 16.5. The van der Waals surface area contributed by atoms with Crippen molar-refractivity contribution in [2.75, 3.05) is 19.7 Å². The lowest BCUT2D eigenvalue weighted by Gasteiger charge is -2.07. The Morgan fingerprint density at radius 3 is 3.00 bits per heavy atom. The largest absolute Gasteiger partial charge is 0.492 e. The van der Waals surface area contributed by atoms with E-state index < -0.39 is 0 Å². The van der Waals surface area contributed by atoms with Crippen molar-refractivity contribution in [3.8, 4) is 5.75 Å². The van der Waals surface area contributed by atoms with Gasteiger partial charge in [0, 0.05) is 12.6 Å². The zero-order valence-electron chi connectivity index (χ0n) is 11.1. The normalized spacial score (nSPS) is 10.2. The lowest BCUT2D eigenvalue weighted by Crippen LogP contribution is -2.33. The predicted molar refractivity (Wildman–Crippen MR) is 71.0 cm³/mol. The molecule has 0 aliphatic rings. The van der Waals surface area contributed by atoms with Gasteiger partial charge in [0.25, 0.3) is 5.56 Å². The van der Waals surface area contributed by atoms with E-state index in [9.17, 15) is 9.59 Å². The maximum Gasteiger partial charge on any atom is 0.270 e. The van der Waals surface area contributed by atoms with Gasteiger partial charge in [-0.25, -0.2) is 4.68 Å². The molecule has 1 heterocycles. The third kappa shape index (κ3) is 5.52. The smallest absolute Gasteiger partial charge is 0.270 e. The third-order valence-electron chi connectivity index (χ3n) is 2.33. The first kappa shape index (κ1) is 15.2. The van der Waals surface area contributed by atoms with Gasteiger partial charge in [-0.2, -0.15) is 5.10 Å². The summed E-state index contributed by atoms with van der Waals surface area (Å²) in [6, 6.07) is 1.32. The van der Waals surface area contributed by atoms with Crippen molar-refractivity contribution in [3.05, 3.63) is 22.6 Å². The van der Waals surface area contributed by atoms with Crippen LogP contribution in [0.1, 0.15) is 19.8 Å². The highest BCUT2D eigenvalue weighted by Gasteiger charge is 2.06. The molecule has 1 aromatic rings. The SMILES string of the molecule is CCCNC(=O)Cn1ncc(OCCCN)cc1=O. The molecule has 0 bridgehead atoms. The number of hydrogen-bond donors (Lipinski definition) is 2. The Bertz CT molecular complexity index is 459. The van der Waals surface area contributed by atoms with Crippen LogP contribution in [0.3, 0.4) is 0 Å². The number of nitrogens with one attached hydrogen (secondary N) is 1. The van der Waals surface area contributed by atoms with Crippen molar-refractivity contribution in [1.29, 1.82) is 0 Å². The van der Waals surface area contributed by atoms with E-state index in [-0.39, 0.29) is 18.0 Å². The molecule has 0 atom stereocenters. The van der Waals surface area contributed by atoms with E-state index in [1.54, 1.807) is 0 Å². The minimum absolute atomic E-state index is 0.0814. The zero-order valence-corrected chi connectivity index (χ0v) is 11.1. The molecule has 0 saturated heterocycles. The fourth-order valence-corrected chi connectivity index (χ4v) is 1.34. The molecule has 106 valence electrons. The molecule has 0 aliphatic carbocycles. The number of amides is 1. The highest BCUT2D eigenvalue weighted by molar-refractivity contribution is 5.75. The summed E-state index contributed by atoms with van der Waals surface area (Å²) in [5.41, 5.74) is 4.97. The summed E-state index contributed by atoms with van der Waals surface area (Å²) in [7, 11) is 0. The van der Waals surface area contributed by atoms with Crippen LogP contribution in [0.5, 0.6) is 5.75 Å². The summed E-state index contributed by atoms with van der Waals surface area (Å²) in [5.74, 6) is 0.164. The third-order valence-corrected chi connectivity index (χ3v) is 2.33. The molecule has 7 nitrogen and oxygen atoms in total. The molecule has 19 heavy (non-hydrogen) atoms. The first-order valence-corrected chi connectivity index (χ1v) is 6.34. The number of carbonyl (C=O) groups is 1. The number of nitrogens with zero attached hydrogens (tertiary/aromatic N) is 2. The number of nitrogens with two attached hydrogens (primary N) is 1. The standard InChI is InChI=1S/C12H20N4O3/c1-2-5-14-11(17)9-16-12(18)7-10(8-15-16)19-6-3-4-13/h7-8H,2-6,9,13H2,1H3,(H,14,17). The van der Waals surface area contributed by atoms with E-state index in [4.69, 9.17) is 10.5 Å². The van der Waals surface area contributed by atoms with Gasteiger partial charge in [0.1, 0.15) is 12.3 Å². The number of rotatable bonds is 8. The van der Waals surface area contributed by atoms with Crippen LogP contribution in [-0.2, 0) is 11.3 Å². The summed E-state index contributed by atoms with van der Waals surface area (Å²) in [6.07, 6.45) is 2.98. The van der Waals surface area contributed by atoms with Crippen LogP contribution in [0.15, 0.2) is 17.1 Å². The van der Waals surface area contributed by atoms with Crippen LogP contribution in [0.4, 0.5) is 0 Å². The number of hydrogen-bond acceptors (Lipinski definition) is 5. The summed E-state index contributed by atoms with van der Waals surface area (Å²) >= 11 is 0. The van der Waals surface area contributed by atoms with Gasteiger partial charge in [-0.3, -0.25) is 9.59 Å². The average molecular weight is 268 g/mol. The second-order valence-electron chi connectivity index (χ2n) is 4.03. The molecule has 0 fully saturated rings. The molecule has 1 rings (SSSR count). The van der Waals surface area contributed by atoms with Gasteiger partial charge >= 0.3 is 0 Å². The van der Waals surface area contributed by atoms with E-state index in [0.717, 1.165) is 11.1 Å².